The molecule has 0 aliphatic heterocycles. The van der Waals surface area contributed by atoms with Crippen molar-refractivity contribution in [2.24, 2.45) is 0 Å². The molecule has 114 valence electrons. The van der Waals surface area contributed by atoms with Crippen molar-refractivity contribution < 1.29 is 19.4 Å². The third kappa shape index (κ3) is 6.58. The summed E-state index contributed by atoms with van der Waals surface area (Å²) < 4.78 is 4.78. The van der Waals surface area contributed by atoms with E-state index in [-0.39, 0.29) is 18.7 Å². The Kier molecular flexibility index (Phi) is 6.97. The van der Waals surface area contributed by atoms with E-state index in [0.29, 0.717) is 12.3 Å². The summed E-state index contributed by atoms with van der Waals surface area (Å²) in [6, 6.07) is 6.27. The Morgan fingerprint density at radius 3 is 2.57 bits per heavy atom. The minimum Gasteiger partial charge on any atom is -0.463 e. The zero-order chi connectivity index (χ0) is 15.7. The molecule has 0 heterocycles. The fourth-order valence-corrected chi connectivity index (χ4v) is 1.47. The molecule has 2 amide bonds. The van der Waals surface area contributed by atoms with Crippen LogP contribution in [0.2, 0.25) is 0 Å². The van der Waals surface area contributed by atoms with E-state index < -0.39 is 5.97 Å². The molecule has 0 saturated carbocycles. The van der Waals surface area contributed by atoms with Gasteiger partial charge in [0, 0.05) is 11.8 Å². The van der Waals surface area contributed by atoms with Crippen LogP contribution in [0.1, 0.15) is 19.4 Å². The average molecular weight is 292 g/mol. The van der Waals surface area contributed by atoms with Crippen molar-refractivity contribution in [3.63, 3.8) is 0 Å². The monoisotopic (exact) mass is 292 g/mol. The molecular weight excluding hydrogens is 272 g/mol. The molecule has 0 fully saturated rings. The molecule has 0 saturated heterocycles. The lowest BCUT2D eigenvalue weighted by molar-refractivity contribution is -0.137. The summed E-state index contributed by atoms with van der Waals surface area (Å²) in [5.41, 5.74) is 1.43. The molecule has 0 aliphatic carbocycles. The van der Waals surface area contributed by atoms with Gasteiger partial charge in [-0.1, -0.05) is 12.1 Å². The first-order chi connectivity index (χ1) is 10.0. The maximum absolute atomic E-state index is 11.5. The highest BCUT2D eigenvalue weighted by atomic mass is 16.5. The van der Waals surface area contributed by atoms with Gasteiger partial charge in [0.1, 0.15) is 0 Å². The zero-order valence-corrected chi connectivity index (χ0v) is 12.1. The molecule has 1 aromatic carbocycles. The molecule has 3 N–H and O–H groups in total. The van der Waals surface area contributed by atoms with Gasteiger partial charge in [0.25, 0.3) is 0 Å². The van der Waals surface area contributed by atoms with Gasteiger partial charge >= 0.3 is 12.0 Å². The fraction of sp³-hybridized carbons (Fsp3) is 0.333. The standard InChI is InChI=1S/C15H20N2O4/c1-3-21-14(19)9-6-12-4-7-13(8-5-12)17-15(20)16-11(2)10-18/h4-9,11,18H,3,10H2,1-2H3,(H2,16,17,20)/b9-6-/t11-/m1/s1. The van der Waals surface area contributed by atoms with Gasteiger partial charge in [0.05, 0.1) is 19.3 Å². The molecule has 0 unspecified atom stereocenters. The summed E-state index contributed by atoms with van der Waals surface area (Å²) in [7, 11) is 0. The topological polar surface area (TPSA) is 87.7 Å². The highest BCUT2D eigenvalue weighted by molar-refractivity contribution is 5.90. The number of ether oxygens (including phenoxy) is 1. The number of aliphatic hydroxyl groups is 1. The van der Waals surface area contributed by atoms with E-state index in [1.807, 2.05) is 0 Å². The van der Waals surface area contributed by atoms with Gasteiger partial charge in [-0.05, 0) is 37.6 Å². The van der Waals surface area contributed by atoms with Crippen LogP contribution in [0, 0.1) is 0 Å². The first kappa shape index (κ1) is 16.7. The highest BCUT2D eigenvalue weighted by Crippen LogP contribution is 2.10. The number of esters is 1. The van der Waals surface area contributed by atoms with Crippen LogP contribution in [0.4, 0.5) is 10.5 Å². The minimum atomic E-state index is -0.392. The van der Waals surface area contributed by atoms with Gasteiger partial charge in [-0.15, -0.1) is 0 Å². The van der Waals surface area contributed by atoms with Crippen LogP contribution in [-0.2, 0) is 9.53 Å². The number of amides is 2. The first-order valence-electron chi connectivity index (χ1n) is 6.68. The summed E-state index contributed by atoms with van der Waals surface area (Å²) in [6.07, 6.45) is 2.98. The third-order valence-electron chi connectivity index (χ3n) is 2.52. The van der Waals surface area contributed by atoms with Crippen LogP contribution in [0.15, 0.2) is 30.3 Å². The number of rotatable bonds is 6. The van der Waals surface area contributed by atoms with Gasteiger partial charge < -0.3 is 20.5 Å². The molecule has 6 heteroatoms. The molecule has 0 aromatic heterocycles. The molecule has 6 nitrogen and oxygen atoms in total. The number of benzene rings is 1. The molecule has 0 bridgehead atoms. The van der Waals surface area contributed by atoms with E-state index in [4.69, 9.17) is 9.84 Å². The SMILES string of the molecule is CCOC(=O)/C=C\c1ccc(NC(=O)N[C@H](C)CO)cc1. The Morgan fingerprint density at radius 1 is 1.33 bits per heavy atom. The lowest BCUT2D eigenvalue weighted by Crippen LogP contribution is -2.38. The lowest BCUT2D eigenvalue weighted by Gasteiger charge is -2.11. The predicted molar refractivity (Wildman–Crippen MR) is 80.8 cm³/mol. The van der Waals surface area contributed by atoms with Gasteiger partial charge in [-0.25, -0.2) is 9.59 Å². The van der Waals surface area contributed by atoms with E-state index in [1.165, 1.54) is 6.08 Å². The molecular formula is C15H20N2O4. The summed E-state index contributed by atoms with van der Waals surface area (Å²) in [5, 5.41) is 14.1. The van der Waals surface area contributed by atoms with E-state index in [9.17, 15) is 9.59 Å². The molecule has 1 atom stereocenters. The zero-order valence-electron chi connectivity index (χ0n) is 12.1. The molecule has 1 aromatic rings. The number of carbonyl (C=O) groups is 2. The van der Waals surface area contributed by atoms with Crippen molar-refractivity contribution in [3.05, 3.63) is 35.9 Å². The summed E-state index contributed by atoms with van der Waals surface area (Å²) in [6.45, 7) is 3.66. The second-order valence-corrected chi connectivity index (χ2v) is 4.39. The minimum absolute atomic E-state index is 0.120. The second kappa shape index (κ2) is 8.76. The Bertz CT molecular complexity index is 497. The summed E-state index contributed by atoms with van der Waals surface area (Å²) in [4.78, 5) is 22.7. The number of hydrogen-bond donors (Lipinski definition) is 3. The van der Waals surface area contributed by atoms with E-state index >= 15 is 0 Å². The summed E-state index contributed by atoms with van der Waals surface area (Å²) in [5.74, 6) is -0.392. The Labute approximate surface area is 123 Å². The van der Waals surface area contributed by atoms with Crippen LogP contribution >= 0.6 is 0 Å². The van der Waals surface area contributed by atoms with Gasteiger partial charge in [0.2, 0.25) is 0 Å². The van der Waals surface area contributed by atoms with Gasteiger partial charge in [-0.3, -0.25) is 0 Å². The maximum Gasteiger partial charge on any atom is 0.330 e. The highest BCUT2D eigenvalue weighted by Gasteiger charge is 2.05. The Balaban J connectivity index is 2.54. The fourth-order valence-electron chi connectivity index (χ4n) is 1.47. The van der Waals surface area contributed by atoms with Crippen LogP contribution in [0.25, 0.3) is 6.08 Å². The van der Waals surface area contributed by atoms with Crippen molar-refractivity contribution in [2.75, 3.05) is 18.5 Å². The normalized spacial score (nSPS) is 12.0. The van der Waals surface area contributed by atoms with Gasteiger partial charge in [-0.2, -0.15) is 0 Å². The van der Waals surface area contributed by atoms with Gasteiger partial charge in [0.15, 0.2) is 0 Å². The van der Waals surface area contributed by atoms with Crippen molar-refractivity contribution in [2.45, 2.75) is 19.9 Å². The number of carbonyl (C=O) groups excluding carboxylic acids is 2. The van der Waals surface area contributed by atoms with E-state index in [2.05, 4.69) is 10.6 Å². The molecule has 0 aliphatic rings. The third-order valence-corrected chi connectivity index (χ3v) is 2.52. The smallest absolute Gasteiger partial charge is 0.330 e. The van der Waals surface area contributed by atoms with Crippen LogP contribution in [0.3, 0.4) is 0 Å². The van der Waals surface area contributed by atoms with Crippen molar-refractivity contribution in [1.29, 1.82) is 0 Å². The summed E-state index contributed by atoms with van der Waals surface area (Å²) >= 11 is 0. The largest absolute Gasteiger partial charge is 0.463 e. The number of aliphatic hydroxyl groups excluding tert-OH is 1. The average Bonchev–Trinajstić information content (AvgIpc) is 2.46. The number of anilines is 1. The molecule has 0 radical (unpaired) electrons. The molecule has 21 heavy (non-hydrogen) atoms. The number of hydrogen-bond acceptors (Lipinski definition) is 4. The van der Waals surface area contributed by atoms with Crippen molar-refractivity contribution in [1.82, 2.24) is 5.32 Å². The lowest BCUT2D eigenvalue weighted by atomic mass is 10.2. The van der Waals surface area contributed by atoms with Crippen LogP contribution in [0.5, 0.6) is 0 Å². The number of nitrogens with one attached hydrogen (secondary N) is 2. The van der Waals surface area contributed by atoms with Crippen molar-refractivity contribution in [3.8, 4) is 0 Å². The predicted octanol–water partition coefficient (Wildman–Crippen LogP) is 1.77. The Hall–Kier alpha value is -2.34. The number of urea groups is 1. The maximum atomic E-state index is 11.5. The van der Waals surface area contributed by atoms with Crippen LogP contribution in [-0.4, -0.2) is 36.4 Å². The van der Waals surface area contributed by atoms with E-state index in [1.54, 1.807) is 44.2 Å². The quantitative estimate of drug-likeness (QED) is 0.551. The molecule has 1 rings (SSSR count). The van der Waals surface area contributed by atoms with E-state index in [0.717, 1.165) is 5.56 Å². The van der Waals surface area contributed by atoms with Crippen molar-refractivity contribution >= 4 is 23.8 Å². The second-order valence-electron chi connectivity index (χ2n) is 4.39. The first-order valence-corrected chi connectivity index (χ1v) is 6.68. The Morgan fingerprint density at radius 2 is 2.00 bits per heavy atom. The van der Waals surface area contributed by atoms with Crippen LogP contribution < -0.4 is 10.6 Å². The molecule has 0 spiro atoms.